The minimum absolute atomic E-state index is 0.0983. The number of hydrogen-bond donors (Lipinski definition) is 1. The third kappa shape index (κ3) is 3.29. The lowest BCUT2D eigenvalue weighted by molar-refractivity contribution is -0.131. The van der Waals surface area contributed by atoms with Gasteiger partial charge >= 0.3 is 0 Å². The highest BCUT2D eigenvalue weighted by atomic mass is 32.1. The summed E-state index contributed by atoms with van der Waals surface area (Å²) < 4.78 is 0. The van der Waals surface area contributed by atoms with Crippen LogP contribution in [0.5, 0.6) is 0 Å². The largest absolute Gasteiger partial charge is 0.340 e. The minimum atomic E-state index is -0.0983. The van der Waals surface area contributed by atoms with Crippen LogP contribution in [0.4, 0.5) is 0 Å². The lowest BCUT2D eigenvalue weighted by Crippen LogP contribution is -2.45. The molecule has 1 aromatic heterocycles. The molecule has 0 saturated carbocycles. The first kappa shape index (κ1) is 13.8. The number of rotatable bonds is 3. The molecule has 4 nitrogen and oxygen atoms in total. The van der Waals surface area contributed by atoms with Crippen LogP contribution < -0.4 is 5.32 Å². The Hall–Kier alpha value is -1.17. The van der Waals surface area contributed by atoms with E-state index in [4.69, 9.17) is 0 Å². The van der Waals surface area contributed by atoms with Crippen LogP contribution in [-0.4, -0.2) is 54.5 Å². The standard InChI is InChI=1S/C15H21N3OS/c19-15(14-5-1-6-16-14)18-8-3-7-17(9-10-18)12-13-4-2-11-20-13/h1-2,4-5,11,14,16H,3,6-10,12H2/t14-/m1/s1. The maximum Gasteiger partial charge on any atom is 0.243 e. The van der Waals surface area contributed by atoms with Gasteiger partial charge in [0.2, 0.25) is 5.91 Å². The maximum absolute atomic E-state index is 12.4. The Morgan fingerprint density at radius 3 is 3.05 bits per heavy atom. The highest BCUT2D eigenvalue weighted by Crippen LogP contribution is 2.14. The van der Waals surface area contributed by atoms with Crippen LogP contribution in [0.15, 0.2) is 29.7 Å². The summed E-state index contributed by atoms with van der Waals surface area (Å²) in [6.45, 7) is 5.60. The molecule has 0 radical (unpaired) electrons. The number of amides is 1. The van der Waals surface area contributed by atoms with Crippen molar-refractivity contribution in [2.45, 2.75) is 19.0 Å². The third-order valence-corrected chi connectivity index (χ3v) is 4.77. The molecule has 3 rings (SSSR count). The van der Waals surface area contributed by atoms with Crippen LogP contribution in [0, 0.1) is 0 Å². The molecule has 1 N–H and O–H groups in total. The van der Waals surface area contributed by atoms with E-state index in [1.54, 1.807) is 0 Å². The van der Waals surface area contributed by atoms with Crippen LogP contribution in [0.3, 0.4) is 0 Å². The van der Waals surface area contributed by atoms with E-state index in [0.717, 1.165) is 45.7 Å². The van der Waals surface area contributed by atoms with E-state index >= 15 is 0 Å². The Morgan fingerprint density at radius 2 is 2.30 bits per heavy atom. The van der Waals surface area contributed by atoms with Crippen molar-refractivity contribution in [3.8, 4) is 0 Å². The van der Waals surface area contributed by atoms with Crippen molar-refractivity contribution in [3.63, 3.8) is 0 Å². The van der Waals surface area contributed by atoms with Crippen LogP contribution in [0.1, 0.15) is 11.3 Å². The molecule has 108 valence electrons. The van der Waals surface area contributed by atoms with Gasteiger partial charge in [-0.05, 0) is 17.9 Å². The normalized spacial score (nSPS) is 24.0. The van der Waals surface area contributed by atoms with E-state index in [9.17, 15) is 4.79 Å². The number of nitrogens with zero attached hydrogens (tertiary/aromatic N) is 2. The molecule has 20 heavy (non-hydrogen) atoms. The molecule has 1 atom stereocenters. The zero-order valence-electron chi connectivity index (χ0n) is 11.6. The van der Waals surface area contributed by atoms with Crippen molar-refractivity contribution in [2.75, 3.05) is 32.7 Å². The van der Waals surface area contributed by atoms with Gasteiger partial charge < -0.3 is 4.90 Å². The van der Waals surface area contributed by atoms with Crippen LogP contribution in [-0.2, 0) is 11.3 Å². The quantitative estimate of drug-likeness (QED) is 0.853. The number of thiophene rings is 1. The van der Waals surface area contributed by atoms with Crippen molar-refractivity contribution in [2.24, 2.45) is 0 Å². The average Bonchev–Trinajstić information content (AvgIpc) is 3.10. The molecule has 5 heteroatoms. The van der Waals surface area contributed by atoms with E-state index in [1.165, 1.54) is 4.88 Å². The van der Waals surface area contributed by atoms with Gasteiger partial charge in [0.25, 0.3) is 0 Å². The highest BCUT2D eigenvalue weighted by Gasteiger charge is 2.25. The summed E-state index contributed by atoms with van der Waals surface area (Å²) in [5.41, 5.74) is 0. The minimum Gasteiger partial charge on any atom is -0.340 e. The molecular formula is C15H21N3OS. The van der Waals surface area contributed by atoms with Crippen molar-refractivity contribution < 1.29 is 4.79 Å². The number of hydrogen-bond acceptors (Lipinski definition) is 4. The first-order chi connectivity index (χ1) is 9.83. The smallest absolute Gasteiger partial charge is 0.243 e. The van der Waals surface area contributed by atoms with Crippen molar-refractivity contribution in [3.05, 3.63) is 34.5 Å². The predicted octanol–water partition coefficient (Wildman–Crippen LogP) is 1.31. The molecule has 0 unspecified atom stereocenters. The summed E-state index contributed by atoms with van der Waals surface area (Å²) in [5, 5.41) is 5.33. The van der Waals surface area contributed by atoms with Gasteiger partial charge in [-0.15, -0.1) is 11.3 Å². The second-order valence-corrected chi connectivity index (χ2v) is 6.38. The van der Waals surface area contributed by atoms with E-state index in [2.05, 4.69) is 27.7 Å². The Balaban J connectivity index is 1.53. The summed E-state index contributed by atoms with van der Waals surface area (Å²) in [7, 11) is 0. The fraction of sp³-hybridized carbons (Fsp3) is 0.533. The topological polar surface area (TPSA) is 35.6 Å². The molecule has 3 heterocycles. The molecule has 0 bridgehead atoms. The van der Waals surface area contributed by atoms with Gasteiger partial charge in [-0.3, -0.25) is 15.0 Å². The second kappa shape index (κ2) is 6.52. The summed E-state index contributed by atoms with van der Waals surface area (Å²) in [6.07, 6.45) is 5.08. The Kier molecular flexibility index (Phi) is 4.50. The van der Waals surface area contributed by atoms with Crippen LogP contribution in [0.25, 0.3) is 0 Å². The fourth-order valence-corrected chi connectivity index (χ4v) is 3.55. The monoisotopic (exact) mass is 291 g/mol. The molecule has 1 saturated heterocycles. The summed E-state index contributed by atoms with van der Waals surface area (Å²) in [4.78, 5) is 18.3. The highest BCUT2D eigenvalue weighted by molar-refractivity contribution is 7.09. The summed E-state index contributed by atoms with van der Waals surface area (Å²) in [6, 6.07) is 4.19. The van der Waals surface area contributed by atoms with E-state index < -0.39 is 0 Å². The molecule has 0 spiro atoms. The molecule has 1 fully saturated rings. The summed E-state index contributed by atoms with van der Waals surface area (Å²) in [5.74, 6) is 0.233. The number of carbonyl (C=O) groups excluding carboxylic acids is 1. The molecule has 0 aliphatic carbocycles. The first-order valence-electron chi connectivity index (χ1n) is 7.26. The fourth-order valence-electron chi connectivity index (χ4n) is 2.81. The molecule has 1 aromatic rings. The Bertz CT molecular complexity index is 471. The van der Waals surface area contributed by atoms with E-state index in [0.29, 0.717) is 0 Å². The number of carbonyl (C=O) groups is 1. The maximum atomic E-state index is 12.4. The zero-order chi connectivity index (χ0) is 13.8. The van der Waals surface area contributed by atoms with Crippen LogP contribution in [0.2, 0.25) is 0 Å². The number of nitrogens with one attached hydrogen (secondary N) is 1. The van der Waals surface area contributed by atoms with Crippen molar-refractivity contribution in [1.82, 2.24) is 15.1 Å². The average molecular weight is 291 g/mol. The Morgan fingerprint density at radius 1 is 1.35 bits per heavy atom. The second-order valence-electron chi connectivity index (χ2n) is 5.35. The SMILES string of the molecule is O=C([C@H]1C=CCN1)N1CCCN(Cc2cccs2)CC1. The third-order valence-electron chi connectivity index (χ3n) is 3.91. The lowest BCUT2D eigenvalue weighted by atomic mass is 10.2. The Labute approximate surface area is 124 Å². The summed E-state index contributed by atoms with van der Waals surface area (Å²) >= 11 is 1.81. The van der Waals surface area contributed by atoms with Gasteiger partial charge in [0.05, 0.1) is 0 Å². The van der Waals surface area contributed by atoms with Gasteiger partial charge in [0.1, 0.15) is 6.04 Å². The molecule has 0 aromatic carbocycles. The van der Waals surface area contributed by atoms with E-state index in [-0.39, 0.29) is 11.9 Å². The lowest BCUT2D eigenvalue weighted by Gasteiger charge is -2.24. The van der Waals surface area contributed by atoms with Crippen LogP contribution >= 0.6 is 11.3 Å². The van der Waals surface area contributed by atoms with Gasteiger partial charge in [-0.2, -0.15) is 0 Å². The molecular weight excluding hydrogens is 270 g/mol. The predicted molar refractivity (Wildman–Crippen MR) is 81.7 cm³/mol. The van der Waals surface area contributed by atoms with Gasteiger partial charge in [0, 0.05) is 44.1 Å². The molecule has 2 aliphatic rings. The van der Waals surface area contributed by atoms with Crippen molar-refractivity contribution >= 4 is 17.2 Å². The van der Waals surface area contributed by atoms with Crippen molar-refractivity contribution in [1.29, 1.82) is 0 Å². The van der Waals surface area contributed by atoms with Gasteiger partial charge in [-0.25, -0.2) is 0 Å². The van der Waals surface area contributed by atoms with Gasteiger partial charge in [-0.1, -0.05) is 18.2 Å². The van der Waals surface area contributed by atoms with Gasteiger partial charge in [0.15, 0.2) is 0 Å². The zero-order valence-corrected chi connectivity index (χ0v) is 12.4. The van der Waals surface area contributed by atoms with E-state index in [1.807, 2.05) is 28.4 Å². The molecule has 2 aliphatic heterocycles. The molecule has 1 amide bonds. The first-order valence-corrected chi connectivity index (χ1v) is 8.14.